The van der Waals surface area contributed by atoms with Crippen molar-refractivity contribution in [1.82, 2.24) is 15.3 Å². The number of hydrogen-bond acceptors (Lipinski definition) is 7. The van der Waals surface area contributed by atoms with Gasteiger partial charge in [0.2, 0.25) is 0 Å². The van der Waals surface area contributed by atoms with E-state index in [2.05, 4.69) is 20.2 Å². The number of rotatable bonds is 2. The zero-order chi connectivity index (χ0) is 14.7. The monoisotopic (exact) mass is 314 g/mol. The Hall–Kier alpha value is -2.12. The lowest BCUT2D eigenvalue weighted by Crippen LogP contribution is -2.67. The van der Waals surface area contributed by atoms with Crippen molar-refractivity contribution in [2.75, 3.05) is 18.0 Å². The van der Waals surface area contributed by atoms with Crippen molar-refractivity contribution in [2.24, 2.45) is 0 Å². The molecule has 2 atom stereocenters. The maximum atomic E-state index is 10.1. The number of hydrogen-bond donors (Lipinski definition) is 2. The second-order valence-electron chi connectivity index (χ2n) is 5.84. The predicted molar refractivity (Wildman–Crippen MR) is 84.3 cm³/mol. The normalized spacial score (nSPS) is 23.7. The first-order valence-corrected chi connectivity index (χ1v) is 8.19. The highest BCUT2D eigenvalue weighted by molar-refractivity contribution is 7.13. The van der Waals surface area contributed by atoms with E-state index in [0.29, 0.717) is 29.2 Å². The molecule has 2 N–H and O–H groups in total. The Morgan fingerprint density at radius 2 is 2.14 bits per heavy atom. The Morgan fingerprint density at radius 3 is 2.86 bits per heavy atom. The first kappa shape index (κ1) is 12.4. The van der Waals surface area contributed by atoms with Crippen LogP contribution < -0.4 is 10.2 Å². The smallest absolute Gasteiger partial charge is 0.298 e. The molecule has 0 amide bonds. The van der Waals surface area contributed by atoms with Crippen LogP contribution in [0.1, 0.15) is 6.42 Å². The number of aromatic hydroxyl groups is 1. The average molecular weight is 314 g/mol. The molecule has 2 aromatic heterocycles. The number of phenols is 1. The van der Waals surface area contributed by atoms with E-state index in [0.717, 1.165) is 23.7 Å². The van der Waals surface area contributed by atoms with E-state index < -0.39 is 0 Å². The largest absolute Gasteiger partial charge is 0.506 e. The highest BCUT2D eigenvalue weighted by atomic mass is 32.1. The van der Waals surface area contributed by atoms with Crippen molar-refractivity contribution in [3.63, 3.8) is 0 Å². The molecular weight excluding hydrogens is 300 g/mol. The number of piperidine rings is 1. The van der Waals surface area contributed by atoms with Crippen molar-refractivity contribution >= 4 is 28.5 Å². The van der Waals surface area contributed by atoms with E-state index in [-0.39, 0.29) is 5.75 Å². The highest BCUT2D eigenvalue weighted by Crippen LogP contribution is 2.38. The molecular formula is C15H14N4O2S. The molecule has 0 radical (unpaired) electrons. The van der Waals surface area contributed by atoms with Crippen LogP contribution in [0.25, 0.3) is 21.7 Å². The lowest BCUT2D eigenvalue weighted by molar-refractivity contribution is 0.220. The summed E-state index contributed by atoms with van der Waals surface area (Å²) in [6.07, 6.45) is 2.99. The summed E-state index contributed by atoms with van der Waals surface area (Å²) >= 11 is 1.54. The summed E-state index contributed by atoms with van der Waals surface area (Å²) in [4.78, 5) is 11.0. The summed E-state index contributed by atoms with van der Waals surface area (Å²) in [5.41, 5.74) is 1.99. The molecule has 5 heterocycles. The molecule has 3 saturated heterocycles. The second-order valence-corrected chi connectivity index (χ2v) is 6.74. The van der Waals surface area contributed by atoms with Gasteiger partial charge in [0.05, 0.1) is 5.56 Å². The molecule has 2 bridgehead atoms. The van der Waals surface area contributed by atoms with E-state index in [1.54, 1.807) is 23.6 Å². The van der Waals surface area contributed by atoms with Crippen LogP contribution in [0, 0.1) is 0 Å². The zero-order valence-corrected chi connectivity index (χ0v) is 12.5. The third-order valence-electron chi connectivity index (χ3n) is 4.37. The molecule has 2 unspecified atom stereocenters. The molecule has 6 rings (SSSR count). The molecule has 112 valence electrons. The SMILES string of the molecule is Oc1ccc(-c2nccs2)c2oc(N3CC4CC(C3)N4)nc12. The van der Waals surface area contributed by atoms with Crippen LogP contribution in [0.5, 0.6) is 5.75 Å². The topological polar surface area (TPSA) is 74.4 Å². The van der Waals surface area contributed by atoms with Gasteiger partial charge in [-0.15, -0.1) is 11.3 Å². The van der Waals surface area contributed by atoms with Gasteiger partial charge in [-0.25, -0.2) is 4.98 Å². The summed E-state index contributed by atoms with van der Waals surface area (Å²) in [5.74, 6) is 0.144. The molecule has 3 aromatic rings. The van der Waals surface area contributed by atoms with Crippen LogP contribution >= 0.6 is 11.3 Å². The van der Waals surface area contributed by atoms with E-state index in [1.807, 2.05) is 11.4 Å². The highest BCUT2D eigenvalue weighted by Gasteiger charge is 2.38. The zero-order valence-electron chi connectivity index (χ0n) is 11.7. The fourth-order valence-electron chi connectivity index (χ4n) is 3.31. The molecule has 3 fully saturated rings. The number of oxazole rings is 1. The summed E-state index contributed by atoms with van der Waals surface area (Å²) < 4.78 is 6.01. The number of fused-ring (bicyclic) bond motifs is 3. The number of anilines is 1. The second kappa shape index (κ2) is 4.44. The maximum absolute atomic E-state index is 10.1. The van der Waals surface area contributed by atoms with Crippen molar-refractivity contribution < 1.29 is 9.52 Å². The van der Waals surface area contributed by atoms with Crippen LogP contribution in [0.15, 0.2) is 28.1 Å². The first-order chi connectivity index (χ1) is 10.8. The molecule has 0 aliphatic carbocycles. The number of nitrogens with zero attached hydrogens (tertiary/aromatic N) is 3. The Labute approximate surface area is 130 Å². The van der Waals surface area contributed by atoms with Crippen molar-refractivity contribution in [3.05, 3.63) is 23.7 Å². The van der Waals surface area contributed by atoms with Gasteiger partial charge in [0.1, 0.15) is 10.8 Å². The predicted octanol–water partition coefficient (Wildman–Crippen LogP) is 2.21. The minimum atomic E-state index is 0.144. The summed E-state index contributed by atoms with van der Waals surface area (Å²) in [7, 11) is 0. The van der Waals surface area contributed by atoms with Gasteiger partial charge < -0.3 is 19.7 Å². The summed E-state index contributed by atoms with van der Waals surface area (Å²) in [6, 6.07) is 5.13. The van der Waals surface area contributed by atoms with Gasteiger partial charge in [-0.1, -0.05) is 0 Å². The summed E-state index contributed by atoms with van der Waals surface area (Å²) in [6.45, 7) is 1.80. The summed E-state index contributed by atoms with van der Waals surface area (Å²) in [5, 5.41) is 16.4. The minimum absolute atomic E-state index is 0.144. The molecule has 7 heteroatoms. The first-order valence-electron chi connectivity index (χ1n) is 7.31. The molecule has 3 aliphatic rings. The lowest BCUT2D eigenvalue weighted by atomic mass is 9.92. The number of thiazole rings is 1. The van der Waals surface area contributed by atoms with Gasteiger partial charge in [0.15, 0.2) is 11.1 Å². The van der Waals surface area contributed by atoms with E-state index in [1.165, 1.54) is 6.42 Å². The van der Waals surface area contributed by atoms with Gasteiger partial charge >= 0.3 is 0 Å². The van der Waals surface area contributed by atoms with Crippen molar-refractivity contribution in [2.45, 2.75) is 18.5 Å². The van der Waals surface area contributed by atoms with E-state index >= 15 is 0 Å². The van der Waals surface area contributed by atoms with Crippen LogP contribution in [-0.4, -0.2) is 40.2 Å². The minimum Gasteiger partial charge on any atom is -0.506 e. The average Bonchev–Trinajstić information content (AvgIpc) is 3.17. The van der Waals surface area contributed by atoms with Gasteiger partial charge in [-0.3, -0.25) is 0 Å². The third kappa shape index (κ3) is 1.75. The number of piperazine rings is 1. The van der Waals surface area contributed by atoms with Crippen LogP contribution in [0.2, 0.25) is 0 Å². The van der Waals surface area contributed by atoms with E-state index in [9.17, 15) is 5.11 Å². The standard InChI is InChI=1S/C15H14N4O2S/c20-11-2-1-10(14-16-3-4-22-14)13-12(11)18-15(21-13)19-6-8-5-9(7-19)17-8/h1-4,8-9,17,20H,5-7H2. The maximum Gasteiger partial charge on any atom is 0.298 e. The van der Waals surface area contributed by atoms with Gasteiger partial charge in [-0.05, 0) is 18.6 Å². The van der Waals surface area contributed by atoms with Gasteiger partial charge in [0, 0.05) is 36.8 Å². The molecule has 6 nitrogen and oxygen atoms in total. The fourth-order valence-corrected chi connectivity index (χ4v) is 3.97. The Morgan fingerprint density at radius 1 is 1.32 bits per heavy atom. The van der Waals surface area contributed by atoms with Crippen LogP contribution in [0.4, 0.5) is 6.01 Å². The number of nitrogens with one attached hydrogen (secondary N) is 1. The Bertz CT molecular complexity index is 829. The van der Waals surface area contributed by atoms with Crippen molar-refractivity contribution in [3.8, 4) is 16.3 Å². The molecule has 0 saturated carbocycles. The fraction of sp³-hybridized carbons (Fsp3) is 0.333. The quantitative estimate of drug-likeness (QED) is 0.755. The number of benzene rings is 1. The number of phenolic OH excluding ortho intramolecular Hbond substituents is 1. The lowest BCUT2D eigenvalue weighted by Gasteiger charge is -2.47. The molecule has 3 aliphatic heterocycles. The Kier molecular flexibility index (Phi) is 2.51. The number of aromatic nitrogens is 2. The van der Waals surface area contributed by atoms with Gasteiger partial charge in [0.25, 0.3) is 6.01 Å². The van der Waals surface area contributed by atoms with Gasteiger partial charge in [-0.2, -0.15) is 4.98 Å². The third-order valence-corrected chi connectivity index (χ3v) is 5.17. The van der Waals surface area contributed by atoms with E-state index in [4.69, 9.17) is 4.42 Å². The van der Waals surface area contributed by atoms with Crippen LogP contribution in [-0.2, 0) is 0 Å². The Balaban J connectivity index is 1.63. The van der Waals surface area contributed by atoms with Crippen molar-refractivity contribution in [1.29, 1.82) is 0 Å². The molecule has 22 heavy (non-hydrogen) atoms. The van der Waals surface area contributed by atoms with Crippen LogP contribution in [0.3, 0.4) is 0 Å². The molecule has 0 spiro atoms. The molecule has 1 aromatic carbocycles.